The van der Waals surface area contributed by atoms with Gasteiger partial charge in [0.05, 0.1) is 0 Å². The molecule has 0 aliphatic carbocycles. The molecular formula is C16H28N2. The number of anilines is 1. The lowest BCUT2D eigenvalue weighted by Crippen LogP contribution is -2.34. The van der Waals surface area contributed by atoms with Crippen molar-refractivity contribution in [1.29, 1.82) is 0 Å². The molecule has 0 heterocycles. The van der Waals surface area contributed by atoms with Crippen LogP contribution in [0.15, 0.2) is 30.3 Å². The fourth-order valence-electron chi connectivity index (χ4n) is 2.01. The van der Waals surface area contributed by atoms with Crippen LogP contribution in [0.3, 0.4) is 0 Å². The average molecular weight is 248 g/mol. The smallest absolute Gasteiger partial charge is 0.0363 e. The molecule has 0 saturated carbocycles. The van der Waals surface area contributed by atoms with Crippen molar-refractivity contribution in [2.75, 3.05) is 25.0 Å². The molecule has 0 aromatic heterocycles. The van der Waals surface area contributed by atoms with Gasteiger partial charge in [-0.3, -0.25) is 0 Å². The Morgan fingerprint density at radius 3 is 2.44 bits per heavy atom. The van der Waals surface area contributed by atoms with Gasteiger partial charge in [-0.15, -0.1) is 0 Å². The van der Waals surface area contributed by atoms with Crippen LogP contribution >= 0.6 is 0 Å². The van der Waals surface area contributed by atoms with E-state index in [0.717, 1.165) is 19.0 Å². The van der Waals surface area contributed by atoms with Gasteiger partial charge in [0.25, 0.3) is 0 Å². The molecule has 0 bridgehead atoms. The van der Waals surface area contributed by atoms with Gasteiger partial charge in [0.15, 0.2) is 0 Å². The van der Waals surface area contributed by atoms with Crippen LogP contribution < -0.4 is 10.2 Å². The van der Waals surface area contributed by atoms with E-state index in [9.17, 15) is 0 Å². The number of hydrogen-bond acceptors (Lipinski definition) is 2. The monoisotopic (exact) mass is 248 g/mol. The highest BCUT2D eigenvalue weighted by molar-refractivity contribution is 5.44. The summed E-state index contributed by atoms with van der Waals surface area (Å²) in [6.07, 6.45) is 2.43. The van der Waals surface area contributed by atoms with Crippen LogP contribution in [0.2, 0.25) is 0 Å². The SMILES string of the molecule is CCC(C)C(C)NCCCN(C)c1ccccc1. The standard InChI is InChI=1S/C16H28N2/c1-5-14(2)15(3)17-12-9-13-18(4)16-10-7-6-8-11-16/h6-8,10-11,14-15,17H,5,9,12-13H2,1-4H3. The molecular weight excluding hydrogens is 220 g/mol. The zero-order chi connectivity index (χ0) is 13.4. The van der Waals surface area contributed by atoms with E-state index in [0.29, 0.717) is 6.04 Å². The van der Waals surface area contributed by atoms with Gasteiger partial charge in [-0.05, 0) is 37.9 Å². The van der Waals surface area contributed by atoms with Crippen molar-refractivity contribution in [2.24, 2.45) is 5.92 Å². The van der Waals surface area contributed by atoms with Crippen LogP contribution in [0.5, 0.6) is 0 Å². The number of nitrogens with one attached hydrogen (secondary N) is 1. The highest BCUT2D eigenvalue weighted by Gasteiger charge is 2.08. The lowest BCUT2D eigenvalue weighted by atomic mass is 10.0. The molecule has 0 aliphatic heterocycles. The van der Waals surface area contributed by atoms with E-state index in [1.807, 2.05) is 0 Å². The molecule has 0 saturated heterocycles. The van der Waals surface area contributed by atoms with Gasteiger partial charge in [0.2, 0.25) is 0 Å². The maximum atomic E-state index is 3.61. The molecule has 0 fully saturated rings. The van der Waals surface area contributed by atoms with E-state index in [1.54, 1.807) is 0 Å². The predicted octanol–water partition coefficient (Wildman–Crippen LogP) is 3.54. The first-order chi connectivity index (χ1) is 8.65. The minimum absolute atomic E-state index is 0.622. The molecule has 0 aliphatic rings. The van der Waals surface area contributed by atoms with Crippen LogP contribution in [0.25, 0.3) is 0 Å². The van der Waals surface area contributed by atoms with Gasteiger partial charge in [-0.25, -0.2) is 0 Å². The van der Waals surface area contributed by atoms with E-state index >= 15 is 0 Å². The third-order valence-corrected chi connectivity index (χ3v) is 3.83. The highest BCUT2D eigenvalue weighted by Crippen LogP contribution is 2.11. The van der Waals surface area contributed by atoms with Gasteiger partial charge >= 0.3 is 0 Å². The lowest BCUT2D eigenvalue weighted by Gasteiger charge is -2.22. The summed E-state index contributed by atoms with van der Waals surface area (Å²) in [5.41, 5.74) is 1.30. The summed E-state index contributed by atoms with van der Waals surface area (Å²) in [6.45, 7) is 9.06. The molecule has 2 unspecified atom stereocenters. The molecule has 0 amide bonds. The summed E-state index contributed by atoms with van der Waals surface area (Å²) in [6, 6.07) is 11.2. The number of hydrogen-bond donors (Lipinski definition) is 1. The second-order valence-electron chi connectivity index (χ2n) is 5.24. The van der Waals surface area contributed by atoms with E-state index in [2.05, 4.69) is 68.4 Å². The van der Waals surface area contributed by atoms with E-state index in [4.69, 9.17) is 0 Å². The Bertz CT molecular complexity index is 310. The summed E-state index contributed by atoms with van der Waals surface area (Å²) in [5.74, 6) is 0.761. The molecule has 2 atom stereocenters. The summed E-state index contributed by atoms with van der Waals surface area (Å²) >= 11 is 0. The normalized spacial score (nSPS) is 14.2. The zero-order valence-corrected chi connectivity index (χ0v) is 12.3. The minimum atomic E-state index is 0.622. The first kappa shape index (κ1) is 15.0. The Morgan fingerprint density at radius 2 is 1.83 bits per heavy atom. The van der Waals surface area contributed by atoms with Crippen molar-refractivity contribution in [2.45, 2.75) is 39.7 Å². The van der Waals surface area contributed by atoms with Gasteiger partial charge < -0.3 is 10.2 Å². The van der Waals surface area contributed by atoms with E-state index in [1.165, 1.54) is 18.5 Å². The van der Waals surface area contributed by atoms with Crippen LogP contribution in [-0.4, -0.2) is 26.2 Å². The first-order valence-corrected chi connectivity index (χ1v) is 7.14. The summed E-state index contributed by atoms with van der Waals surface area (Å²) in [5, 5.41) is 3.61. The first-order valence-electron chi connectivity index (χ1n) is 7.14. The topological polar surface area (TPSA) is 15.3 Å². The van der Waals surface area contributed by atoms with Crippen molar-refractivity contribution >= 4 is 5.69 Å². The highest BCUT2D eigenvalue weighted by atomic mass is 15.1. The summed E-state index contributed by atoms with van der Waals surface area (Å²) < 4.78 is 0. The van der Waals surface area contributed by atoms with Gasteiger partial charge in [0.1, 0.15) is 0 Å². The Kier molecular flexibility index (Phi) is 6.81. The molecule has 18 heavy (non-hydrogen) atoms. The maximum absolute atomic E-state index is 3.61. The largest absolute Gasteiger partial charge is 0.375 e. The fourth-order valence-corrected chi connectivity index (χ4v) is 2.01. The molecule has 1 aromatic carbocycles. The second-order valence-corrected chi connectivity index (χ2v) is 5.24. The Morgan fingerprint density at radius 1 is 1.17 bits per heavy atom. The fraction of sp³-hybridized carbons (Fsp3) is 0.625. The van der Waals surface area contributed by atoms with Crippen LogP contribution in [0.4, 0.5) is 5.69 Å². The van der Waals surface area contributed by atoms with Gasteiger partial charge in [0, 0.05) is 25.3 Å². The molecule has 1 N–H and O–H groups in total. The quantitative estimate of drug-likeness (QED) is 0.708. The van der Waals surface area contributed by atoms with Crippen LogP contribution in [0, 0.1) is 5.92 Å². The van der Waals surface area contributed by atoms with Crippen LogP contribution in [0.1, 0.15) is 33.6 Å². The van der Waals surface area contributed by atoms with Gasteiger partial charge in [-0.2, -0.15) is 0 Å². The van der Waals surface area contributed by atoms with Gasteiger partial charge in [-0.1, -0.05) is 38.5 Å². The molecule has 1 rings (SSSR count). The predicted molar refractivity (Wildman–Crippen MR) is 81.2 cm³/mol. The zero-order valence-electron chi connectivity index (χ0n) is 12.3. The number of benzene rings is 1. The van der Waals surface area contributed by atoms with Crippen molar-refractivity contribution in [3.63, 3.8) is 0 Å². The molecule has 0 radical (unpaired) electrons. The molecule has 102 valence electrons. The molecule has 1 aromatic rings. The van der Waals surface area contributed by atoms with E-state index < -0.39 is 0 Å². The van der Waals surface area contributed by atoms with E-state index in [-0.39, 0.29) is 0 Å². The Hall–Kier alpha value is -1.02. The third kappa shape index (κ3) is 5.09. The average Bonchev–Trinajstić information content (AvgIpc) is 2.43. The molecule has 0 spiro atoms. The van der Waals surface area contributed by atoms with Crippen LogP contribution in [-0.2, 0) is 0 Å². The van der Waals surface area contributed by atoms with Crippen molar-refractivity contribution in [3.8, 4) is 0 Å². The molecule has 2 nitrogen and oxygen atoms in total. The second kappa shape index (κ2) is 8.15. The number of nitrogens with zero attached hydrogens (tertiary/aromatic N) is 1. The number of rotatable bonds is 8. The summed E-state index contributed by atoms with van der Waals surface area (Å²) in [4.78, 5) is 2.32. The molecule has 2 heteroatoms. The Balaban J connectivity index is 2.18. The number of para-hydroxylation sites is 1. The summed E-state index contributed by atoms with van der Waals surface area (Å²) in [7, 11) is 2.16. The maximum Gasteiger partial charge on any atom is 0.0363 e. The third-order valence-electron chi connectivity index (χ3n) is 3.83. The van der Waals surface area contributed by atoms with Crippen molar-refractivity contribution < 1.29 is 0 Å². The Labute approximate surface area is 112 Å². The van der Waals surface area contributed by atoms with Crippen molar-refractivity contribution in [3.05, 3.63) is 30.3 Å². The van der Waals surface area contributed by atoms with Crippen molar-refractivity contribution in [1.82, 2.24) is 5.32 Å². The lowest BCUT2D eigenvalue weighted by molar-refractivity contribution is 0.389. The minimum Gasteiger partial charge on any atom is -0.375 e.